The maximum absolute atomic E-state index is 13.4. The molecule has 34 heavy (non-hydrogen) atoms. The lowest BCUT2D eigenvalue weighted by atomic mass is 10.1. The number of hydrogen-bond donors (Lipinski definition) is 1. The van der Waals surface area contributed by atoms with Crippen LogP contribution in [-0.4, -0.2) is 58.1 Å². The number of rotatable bonds is 6. The number of aromatic nitrogens is 4. The van der Waals surface area contributed by atoms with Crippen LogP contribution in [0.1, 0.15) is 15.9 Å². The fourth-order valence-corrected chi connectivity index (χ4v) is 4.48. The summed E-state index contributed by atoms with van der Waals surface area (Å²) in [4.78, 5) is 23.1. The van der Waals surface area contributed by atoms with Gasteiger partial charge in [-0.05, 0) is 48.2 Å². The Hall–Kier alpha value is -3.47. The van der Waals surface area contributed by atoms with Crippen molar-refractivity contribution in [2.45, 2.75) is 13.0 Å². The normalized spacial score (nSPS) is 15.9. The van der Waals surface area contributed by atoms with E-state index in [0.717, 1.165) is 16.0 Å². The van der Waals surface area contributed by atoms with E-state index in [1.807, 2.05) is 24.4 Å². The molecule has 4 aromatic rings. The summed E-state index contributed by atoms with van der Waals surface area (Å²) in [7, 11) is 0. The molecule has 8 nitrogen and oxygen atoms in total. The van der Waals surface area contributed by atoms with Crippen molar-refractivity contribution in [2.24, 2.45) is 0 Å². The van der Waals surface area contributed by atoms with Crippen LogP contribution in [0.25, 0.3) is 27.8 Å². The van der Waals surface area contributed by atoms with Crippen molar-refractivity contribution in [2.75, 3.05) is 26.4 Å². The van der Waals surface area contributed by atoms with Gasteiger partial charge in [-0.15, -0.1) is 11.3 Å². The van der Waals surface area contributed by atoms with Gasteiger partial charge in [-0.25, -0.2) is 14.4 Å². The average Bonchev–Trinajstić information content (AvgIpc) is 3.54. The van der Waals surface area contributed by atoms with Gasteiger partial charge in [0.05, 0.1) is 48.3 Å². The summed E-state index contributed by atoms with van der Waals surface area (Å²) in [6.45, 7) is 3.75. The molecule has 4 heterocycles. The molecule has 1 aromatic carbocycles. The summed E-state index contributed by atoms with van der Waals surface area (Å²) in [5.41, 5.74) is 3.28. The predicted molar refractivity (Wildman–Crippen MR) is 125 cm³/mol. The fourth-order valence-electron chi connectivity index (χ4n) is 3.71. The molecule has 0 saturated carbocycles. The van der Waals surface area contributed by atoms with Crippen molar-refractivity contribution < 1.29 is 18.7 Å². The minimum Gasteiger partial charge on any atom is -0.376 e. The van der Waals surface area contributed by atoms with E-state index in [9.17, 15) is 9.18 Å². The van der Waals surface area contributed by atoms with E-state index in [-0.39, 0.29) is 17.8 Å². The van der Waals surface area contributed by atoms with E-state index in [4.69, 9.17) is 14.5 Å². The van der Waals surface area contributed by atoms with Gasteiger partial charge in [-0.3, -0.25) is 4.79 Å². The highest BCUT2D eigenvalue weighted by Crippen LogP contribution is 2.30. The van der Waals surface area contributed by atoms with Crippen LogP contribution in [-0.2, 0) is 9.47 Å². The van der Waals surface area contributed by atoms with Gasteiger partial charge in [0, 0.05) is 18.3 Å². The van der Waals surface area contributed by atoms with Crippen LogP contribution in [0, 0.1) is 12.7 Å². The topological polar surface area (TPSA) is 91.2 Å². The molecule has 1 atom stereocenters. The highest BCUT2D eigenvalue weighted by Gasteiger charge is 2.24. The van der Waals surface area contributed by atoms with Gasteiger partial charge < -0.3 is 14.8 Å². The Balaban J connectivity index is 1.50. The number of ether oxygens (including phenoxy) is 2. The van der Waals surface area contributed by atoms with Crippen LogP contribution >= 0.6 is 11.3 Å². The maximum Gasteiger partial charge on any atom is 0.255 e. The molecular weight excluding hydrogens is 457 g/mol. The molecule has 0 bridgehead atoms. The van der Waals surface area contributed by atoms with Gasteiger partial charge in [0.1, 0.15) is 11.5 Å². The Morgan fingerprint density at radius 2 is 2.09 bits per heavy atom. The fraction of sp³-hybridized carbons (Fsp3) is 0.250. The molecule has 1 amide bonds. The molecule has 1 aliphatic heterocycles. The molecule has 0 radical (unpaired) electrons. The number of hydrogen-bond acceptors (Lipinski definition) is 7. The SMILES string of the molecule is Cc1cnc(-n2ncc(C(=O)NCC3COCCO3)c2-c2cccs2)nc1-c1ccc(F)cc1. The number of aryl methyl sites for hydroxylation is 1. The standard InChI is InChI=1S/C24H22FN5O3S/c1-15-11-27-24(29-21(15)16-4-6-17(25)7-5-16)30-22(20-3-2-10-34-20)19(13-28-30)23(31)26-12-18-14-32-8-9-33-18/h2-7,10-11,13,18H,8-9,12,14H2,1H3,(H,26,31). The molecule has 1 fully saturated rings. The minimum atomic E-state index is -0.316. The average molecular weight is 480 g/mol. The highest BCUT2D eigenvalue weighted by molar-refractivity contribution is 7.13. The number of amides is 1. The number of nitrogens with zero attached hydrogens (tertiary/aromatic N) is 4. The molecule has 1 N–H and O–H groups in total. The van der Waals surface area contributed by atoms with E-state index in [1.165, 1.54) is 29.7 Å². The second kappa shape index (κ2) is 9.80. The lowest BCUT2D eigenvalue weighted by molar-refractivity contribution is -0.0855. The molecule has 10 heteroatoms. The maximum atomic E-state index is 13.4. The third kappa shape index (κ3) is 4.60. The summed E-state index contributed by atoms with van der Waals surface area (Å²) >= 11 is 1.49. The second-order valence-electron chi connectivity index (χ2n) is 7.78. The van der Waals surface area contributed by atoms with Crippen LogP contribution in [0.2, 0.25) is 0 Å². The number of nitrogens with one attached hydrogen (secondary N) is 1. The minimum absolute atomic E-state index is 0.184. The van der Waals surface area contributed by atoms with E-state index in [2.05, 4.69) is 15.4 Å². The van der Waals surface area contributed by atoms with Crippen molar-refractivity contribution in [3.05, 3.63) is 71.1 Å². The van der Waals surface area contributed by atoms with Crippen LogP contribution in [0.4, 0.5) is 4.39 Å². The zero-order chi connectivity index (χ0) is 23.5. The molecule has 3 aromatic heterocycles. The Morgan fingerprint density at radius 3 is 2.82 bits per heavy atom. The van der Waals surface area contributed by atoms with Crippen molar-refractivity contribution in [3.63, 3.8) is 0 Å². The third-order valence-electron chi connectivity index (χ3n) is 5.41. The summed E-state index contributed by atoms with van der Waals surface area (Å²) in [6.07, 6.45) is 3.03. The summed E-state index contributed by atoms with van der Waals surface area (Å²) in [6, 6.07) is 9.96. The largest absolute Gasteiger partial charge is 0.376 e. The molecule has 174 valence electrons. The molecule has 1 unspecified atom stereocenters. The van der Waals surface area contributed by atoms with E-state index < -0.39 is 0 Å². The van der Waals surface area contributed by atoms with E-state index >= 15 is 0 Å². The molecule has 1 aliphatic rings. The number of benzene rings is 1. The quantitative estimate of drug-likeness (QED) is 0.454. The Labute approximate surface area is 199 Å². The summed E-state index contributed by atoms with van der Waals surface area (Å²) < 4.78 is 26.0. The van der Waals surface area contributed by atoms with Gasteiger partial charge in [0.15, 0.2) is 0 Å². The third-order valence-corrected chi connectivity index (χ3v) is 6.29. The Morgan fingerprint density at radius 1 is 1.24 bits per heavy atom. The van der Waals surface area contributed by atoms with Crippen LogP contribution in [0.5, 0.6) is 0 Å². The zero-order valence-corrected chi connectivity index (χ0v) is 19.2. The second-order valence-corrected chi connectivity index (χ2v) is 8.73. The van der Waals surface area contributed by atoms with E-state index in [0.29, 0.717) is 49.3 Å². The van der Waals surface area contributed by atoms with Gasteiger partial charge in [-0.1, -0.05) is 6.07 Å². The number of carbonyl (C=O) groups is 1. The van der Waals surface area contributed by atoms with Crippen molar-refractivity contribution >= 4 is 17.2 Å². The summed E-state index contributed by atoms with van der Waals surface area (Å²) in [5.74, 6) is -0.269. The predicted octanol–water partition coefficient (Wildman–Crippen LogP) is 3.65. The highest BCUT2D eigenvalue weighted by atomic mass is 32.1. The van der Waals surface area contributed by atoms with Crippen LogP contribution < -0.4 is 5.32 Å². The van der Waals surface area contributed by atoms with Crippen LogP contribution in [0.15, 0.2) is 54.2 Å². The molecule has 1 saturated heterocycles. The Bertz CT molecular complexity index is 1280. The van der Waals surface area contributed by atoms with E-state index in [1.54, 1.807) is 23.0 Å². The zero-order valence-electron chi connectivity index (χ0n) is 18.4. The lowest BCUT2D eigenvalue weighted by Gasteiger charge is -2.23. The monoisotopic (exact) mass is 479 g/mol. The first-order valence-electron chi connectivity index (χ1n) is 10.8. The van der Waals surface area contributed by atoms with Crippen molar-refractivity contribution in [1.29, 1.82) is 0 Å². The number of carbonyl (C=O) groups excluding carboxylic acids is 1. The number of thiophene rings is 1. The van der Waals surface area contributed by atoms with Crippen molar-refractivity contribution in [3.8, 4) is 27.8 Å². The number of halogens is 1. The Kier molecular flexibility index (Phi) is 6.43. The first-order valence-corrected chi connectivity index (χ1v) is 11.7. The van der Waals surface area contributed by atoms with Gasteiger partial charge in [0.25, 0.3) is 11.9 Å². The molecule has 5 rings (SSSR count). The molecular formula is C24H22FN5O3S. The lowest BCUT2D eigenvalue weighted by Crippen LogP contribution is -2.39. The first-order chi connectivity index (χ1) is 16.6. The smallest absolute Gasteiger partial charge is 0.255 e. The van der Waals surface area contributed by atoms with Gasteiger partial charge in [0.2, 0.25) is 0 Å². The van der Waals surface area contributed by atoms with Gasteiger partial charge in [-0.2, -0.15) is 9.78 Å². The molecule has 0 spiro atoms. The first kappa shape index (κ1) is 22.3. The van der Waals surface area contributed by atoms with Crippen LogP contribution in [0.3, 0.4) is 0 Å². The van der Waals surface area contributed by atoms with Crippen molar-refractivity contribution in [1.82, 2.24) is 25.1 Å². The van der Waals surface area contributed by atoms with Gasteiger partial charge >= 0.3 is 0 Å². The summed E-state index contributed by atoms with van der Waals surface area (Å²) in [5, 5.41) is 9.31. The molecule has 0 aliphatic carbocycles.